The molecule has 0 aliphatic rings. The Morgan fingerprint density at radius 2 is 2.00 bits per heavy atom. The number of hydrogen-bond acceptors (Lipinski definition) is 1. The van der Waals surface area contributed by atoms with Crippen LogP contribution in [0.4, 0.5) is 0 Å². The quantitative estimate of drug-likeness (QED) is 0.521. The van der Waals surface area contributed by atoms with Gasteiger partial charge in [0, 0.05) is 19.1 Å². The summed E-state index contributed by atoms with van der Waals surface area (Å²) in [6, 6.07) is 0. The normalized spacial score (nSPS) is 12.0. The Hall–Kier alpha value is -0.0800. The molecule has 7 heavy (non-hydrogen) atoms. The van der Waals surface area contributed by atoms with Crippen LogP contribution in [0.25, 0.3) is 0 Å². The van der Waals surface area contributed by atoms with E-state index in [0.29, 0.717) is 6.54 Å². The Labute approximate surface area is 45.1 Å². The molecule has 0 saturated heterocycles. The van der Waals surface area contributed by atoms with Gasteiger partial charge >= 0.3 is 0 Å². The molecule has 2 heteroatoms. The van der Waals surface area contributed by atoms with Crippen molar-refractivity contribution in [2.45, 2.75) is 19.4 Å². The molecule has 43 valence electrons. The van der Waals surface area contributed by atoms with Gasteiger partial charge in [-0.25, -0.2) is 5.32 Å². The van der Waals surface area contributed by atoms with E-state index in [0.717, 1.165) is 0 Å². The molecule has 2 N–H and O–H groups in total. The minimum absolute atomic E-state index is 0.0139. The summed E-state index contributed by atoms with van der Waals surface area (Å²) >= 11 is 0. The molecule has 0 bridgehead atoms. The SMILES string of the molecule is C[N]C(C)(C)CN. The highest BCUT2D eigenvalue weighted by molar-refractivity contribution is 4.74. The van der Waals surface area contributed by atoms with E-state index >= 15 is 0 Å². The number of nitrogens with two attached hydrogens (primary N) is 1. The molecule has 0 unspecified atom stereocenters. The van der Waals surface area contributed by atoms with Crippen LogP contribution in [-0.4, -0.2) is 19.1 Å². The van der Waals surface area contributed by atoms with Gasteiger partial charge in [0.1, 0.15) is 0 Å². The third kappa shape index (κ3) is 2.60. The van der Waals surface area contributed by atoms with Crippen LogP contribution in [0.15, 0.2) is 0 Å². The van der Waals surface area contributed by atoms with Crippen molar-refractivity contribution in [3.8, 4) is 0 Å². The molecular formula is C5H13N2. The molecule has 0 aliphatic heterocycles. The number of rotatable bonds is 2. The maximum Gasteiger partial charge on any atom is 0.0419 e. The van der Waals surface area contributed by atoms with E-state index in [2.05, 4.69) is 5.32 Å². The highest BCUT2D eigenvalue weighted by Gasteiger charge is 2.11. The molecule has 0 aromatic rings. The van der Waals surface area contributed by atoms with E-state index in [-0.39, 0.29) is 5.54 Å². The Bertz CT molecular complexity index is 44.0. The zero-order valence-electron chi connectivity index (χ0n) is 5.23. The lowest BCUT2D eigenvalue weighted by molar-refractivity contribution is 0.427. The molecule has 0 saturated carbocycles. The summed E-state index contributed by atoms with van der Waals surface area (Å²) < 4.78 is 0. The van der Waals surface area contributed by atoms with Gasteiger partial charge in [-0.1, -0.05) is 0 Å². The van der Waals surface area contributed by atoms with Crippen molar-refractivity contribution in [1.29, 1.82) is 0 Å². The average Bonchev–Trinajstić information content (AvgIpc) is 1.68. The summed E-state index contributed by atoms with van der Waals surface area (Å²) in [7, 11) is 1.78. The maximum atomic E-state index is 5.32. The molecule has 0 rings (SSSR count). The highest BCUT2D eigenvalue weighted by atomic mass is 14.9. The first kappa shape index (κ1) is 6.92. The summed E-state index contributed by atoms with van der Waals surface area (Å²) in [5, 5.41) is 4.01. The van der Waals surface area contributed by atoms with Gasteiger partial charge in [-0.15, -0.1) is 0 Å². The van der Waals surface area contributed by atoms with Crippen LogP contribution in [-0.2, 0) is 0 Å². The van der Waals surface area contributed by atoms with Crippen molar-refractivity contribution in [1.82, 2.24) is 5.32 Å². The number of nitrogens with zero attached hydrogens (tertiary/aromatic N) is 1. The minimum Gasteiger partial charge on any atom is -0.329 e. The third-order valence-electron chi connectivity index (χ3n) is 1.10. The standard InChI is InChI=1S/C5H13N2/c1-5(2,4-6)7-3/h4,6H2,1-3H3. The lowest BCUT2D eigenvalue weighted by Gasteiger charge is -2.18. The molecule has 1 radical (unpaired) electrons. The third-order valence-corrected chi connectivity index (χ3v) is 1.10. The van der Waals surface area contributed by atoms with Crippen LogP contribution in [0.2, 0.25) is 0 Å². The first-order valence-corrected chi connectivity index (χ1v) is 2.43. The predicted octanol–water partition coefficient (Wildman–Crippen LogP) is -0.0421. The summed E-state index contributed by atoms with van der Waals surface area (Å²) in [5.41, 5.74) is 5.31. The topological polar surface area (TPSA) is 40.1 Å². The predicted molar refractivity (Wildman–Crippen MR) is 31.2 cm³/mol. The van der Waals surface area contributed by atoms with E-state index in [4.69, 9.17) is 5.73 Å². The molecular weight excluding hydrogens is 88.1 g/mol. The first-order chi connectivity index (χ1) is 3.12. The molecule has 2 nitrogen and oxygen atoms in total. The van der Waals surface area contributed by atoms with Crippen LogP contribution < -0.4 is 11.1 Å². The number of likely N-dealkylation sites (N-methyl/N-ethyl adjacent to an activating group) is 1. The summed E-state index contributed by atoms with van der Waals surface area (Å²) in [4.78, 5) is 0. The van der Waals surface area contributed by atoms with E-state index in [1.807, 2.05) is 13.8 Å². The van der Waals surface area contributed by atoms with Crippen molar-refractivity contribution in [2.75, 3.05) is 13.6 Å². The van der Waals surface area contributed by atoms with Crippen molar-refractivity contribution in [2.24, 2.45) is 5.73 Å². The smallest absolute Gasteiger partial charge is 0.0419 e. The number of hydrogen-bond donors (Lipinski definition) is 1. The fraction of sp³-hybridized carbons (Fsp3) is 1.00. The lowest BCUT2D eigenvalue weighted by Crippen LogP contribution is -2.38. The van der Waals surface area contributed by atoms with E-state index in [9.17, 15) is 0 Å². The van der Waals surface area contributed by atoms with E-state index < -0.39 is 0 Å². The van der Waals surface area contributed by atoms with Crippen molar-refractivity contribution in [3.63, 3.8) is 0 Å². The molecule has 0 aromatic heterocycles. The van der Waals surface area contributed by atoms with Crippen LogP contribution in [0.3, 0.4) is 0 Å². The van der Waals surface area contributed by atoms with Crippen LogP contribution in [0.5, 0.6) is 0 Å². The van der Waals surface area contributed by atoms with E-state index in [1.165, 1.54) is 0 Å². The van der Waals surface area contributed by atoms with Gasteiger partial charge in [0.25, 0.3) is 0 Å². The lowest BCUT2D eigenvalue weighted by atomic mass is 10.1. The van der Waals surface area contributed by atoms with Crippen molar-refractivity contribution in [3.05, 3.63) is 0 Å². The molecule has 0 spiro atoms. The molecule has 0 amide bonds. The Morgan fingerprint density at radius 3 is 2.00 bits per heavy atom. The molecule has 0 fully saturated rings. The van der Waals surface area contributed by atoms with Gasteiger partial charge in [-0.05, 0) is 13.8 Å². The van der Waals surface area contributed by atoms with Gasteiger partial charge in [0.05, 0.1) is 0 Å². The van der Waals surface area contributed by atoms with Crippen LogP contribution in [0.1, 0.15) is 13.8 Å². The zero-order valence-corrected chi connectivity index (χ0v) is 5.23. The van der Waals surface area contributed by atoms with Gasteiger partial charge in [0.2, 0.25) is 0 Å². The summed E-state index contributed by atoms with van der Waals surface area (Å²) in [5.74, 6) is 0. The Balaban J connectivity index is 3.36. The minimum atomic E-state index is -0.0139. The van der Waals surface area contributed by atoms with Gasteiger partial charge < -0.3 is 5.73 Å². The molecule has 0 heterocycles. The van der Waals surface area contributed by atoms with Crippen molar-refractivity contribution < 1.29 is 0 Å². The average molecular weight is 101 g/mol. The Kier molecular flexibility index (Phi) is 2.26. The molecule has 0 aromatic carbocycles. The van der Waals surface area contributed by atoms with Crippen LogP contribution in [0, 0.1) is 0 Å². The highest BCUT2D eigenvalue weighted by Crippen LogP contribution is 1.96. The molecule has 0 atom stereocenters. The fourth-order valence-electron chi connectivity index (χ4n) is 0.0913. The Morgan fingerprint density at radius 1 is 1.57 bits per heavy atom. The second-order valence-corrected chi connectivity index (χ2v) is 2.24. The zero-order chi connectivity index (χ0) is 5.91. The maximum absolute atomic E-state index is 5.32. The largest absolute Gasteiger partial charge is 0.329 e. The fourth-order valence-corrected chi connectivity index (χ4v) is 0.0913. The van der Waals surface area contributed by atoms with E-state index in [1.54, 1.807) is 7.05 Å². The van der Waals surface area contributed by atoms with Crippen LogP contribution >= 0.6 is 0 Å². The second kappa shape index (κ2) is 2.28. The summed E-state index contributed by atoms with van der Waals surface area (Å²) in [6.07, 6.45) is 0. The first-order valence-electron chi connectivity index (χ1n) is 2.43. The molecule has 0 aliphatic carbocycles. The van der Waals surface area contributed by atoms with Gasteiger partial charge in [-0.2, -0.15) is 0 Å². The summed E-state index contributed by atoms with van der Waals surface area (Å²) in [6.45, 7) is 4.64. The monoisotopic (exact) mass is 101 g/mol. The van der Waals surface area contributed by atoms with Gasteiger partial charge in [0.15, 0.2) is 0 Å². The van der Waals surface area contributed by atoms with Crippen molar-refractivity contribution >= 4 is 0 Å². The second-order valence-electron chi connectivity index (χ2n) is 2.24. The van der Waals surface area contributed by atoms with Gasteiger partial charge in [-0.3, -0.25) is 0 Å².